The Bertz CT molecular complexity index is 173. The van der Waals surface area contributed by atoms with Crippen LogP contribution in [0.25, 0.3) is 0 Å². The van der Waals surface area contributed by atoms with Gasteiger partial charge in [-0.05, 0) is 11.3 Å². The van der Waals surface area contributed by atoms with E-state index in [1.54, 1.807) is 0 Å². The molecule has 0 spiro atoms. The third-order valence-corrected chi connectivity index (χ3v) is 3.90. The molecule has 1 fully saturated rings. The molecule has 1 nitrogen and oxygen atoms in total. The van der Waals surface area contributed by atoms with Crippen molar-refractivity contribution in [1.29, 1.82) is 0 Å². The highest BCUT2D eigenvalue weighted by atomic mass is 35.5. The zero-order valence-corrected chi connectivity index (χ0v) is 9.45. The third-order valence-electron chi connectivity index (χ3n) is 2.71. The van der Waals surface area contributed by atoms with Gasteiger partial charge in [-0.2, -0.15) is 0 Å². The lowest BCUT2D eigenvalue weighted by molar-refractivity contribution is 0.0396. The average Bonchev–Trinajstić information content (AvgIpc) is 2.30. The fourth-order valence-electron chi connectivity index (χ4n) is 1.53. The van der Waals surface area contributed by atoms with Crippen molar-refractivity contribution in [2.75, 3.05) is 0 Å². The first-order chi connectivity index (χ1) is 5.19. The standard InChI is InChI=1S/C9H16Cl2O/c1-5-6(9(5,10)11)7(12)8(2,3)4/h5-7,12H,1-4H3. The van der Waals surface area contributed by atoms with Crippen LogP contribution in [0.5, 0.6) is 0 Å². The van der Waals surface area contributed by atoms with Gasteiger partial charge >= 0.3 is 0 Å². The van der Waals surface area contributed by atoms with Gasteiger partial charge in [0.05, 0.1) is 6.10 Å². The van der Waals surface area contributed by atoms with Gasteiger partial charge in [-0.25, -0.2) is 0 Å². The summed E-state index contributed by atoms with van der Waals surface area (Å²) in [5.41, 5.74) is -0.134. The first kappa shape index (κ1) is 10.6. The molecular weight excluding hydrogens is 195 g/mol. The fraction of sp³-hybridized carbons (Fsp3) is 1.00. The number of alkyl halides is 2. The number of aliphatic hydroxyl groups excluding tert-OH is 1. The maximum atomic E-state index is 9.86. The number of halogens is 2. The summed E-state index contributed by atoms with van der Waals surface area (Å²) in [5.74, 6) is 0.232. The second kappa shape index (κ2) is 2.76. The Hall–Kier alpha value is 0.540. The zero-order valence-electron chi connectivity index (χ0n) is 7.94. The number of hydrogen-bond acceptors (Lipinski definition) is 1. The molecule has 3 atom stereocenters. The minimum atomic E-state index is -0.702. The second-order valence-corrected chi connectivity index (χ2v) is 6.24. The van der Waals surface area contributed by atoms with Crippen LogP contribution >= 0.6 is 23.2 Å². The minimum absolute atomic E-state index is 0.0285. The van der Waals surface area contributed by atoms with Crippen molar-refractivity contribution in [2.24, 2.45) is 17.3 Å². The number of aliphatic hydroxyl groups is 1. The zero-order chi connectivity index (χ0) is 9.73. The van der Waals surface area contributed by atoms with E-state index in [-0.39, 0.29) is 17.3 Å². The fourth-order valence-corrected chi connectivity index (χ4v) is 2.29. The van der Waals surface area contributed by atoms with Crippen molar-refractivity contribution in [3.63, 3.8) is 0 Å². The summed E-state index contributed by atoms with van der Waals surface area (Å²) >= 11 is 11.9. The van der Waals surface area contributed by atoms with Crippen molar-refractivity contribution in [2.45, 2.75) is 38.1 Å². The van der Waals surface area contributed by atoms with E-state index in [4.69, 9.17) is 23.2 Å². The third kappa shape index (κ3) is 1.59. The van der Waals surface area contributed by atoms with Crippen LogP contribution in [0.15, 0.2) is 0 Å². The van der Waals surface area contributed by atoms with Crippen LogP contribution in [0, 0.1) is 17.3 Å². The first-order valence-electron chi connectivity index (χ1n) is 4.25. The minimum Gasteiger partial charge on any atom is -0.392 e. The molecule has 1 aliphatic carbocycles. The molecule has 0 amide bonds. The molecule has 0 bridgehead atoms. The Labute approximate surface area is 84.1 Å². The lowest BCUT2D eigenvalue weighted by atomic mass is 9.86. The van der Waals surface area contributed by atoms with Crippen LogP contribution < -0.4 is 0 Å². The van der Waals surface area contributed by atoms with Gasteiger partial charge in [0.2, 0.25) is 0 Å². The van der Waals surface area contributed by atoms with E-state index in [1.165, 1.54) is 0 Å². The van der Waals surface area contributed by atoms with E-state index in [2.05, 4.69) is 0 Å². The van der Waals surface area contributed by atoms with Gasteiger partial charge in [-0.15, -0.1) is 23.2 Å². The van der Waals surface area contributed by atoms with Gasteiger partial charge in [0.25, 0.3) is 0 Å². The number of rotatable bonds is 1. The molecule has 0 heterocycles. The molecule has 0 aliphatic heterocycles. The van der Waals surface area contributed by atoms with Crippen LogP contribution in [-0.4, -0.2) is 15.5 Å². The molecule has 1 rings (SSSR count). The molecule has 72 valence electrons. The largest absolute Gasteiger partial charge is 0.392 e. The van der Waals surface area contributed by atoms with Crippen LogP contribution in [-0.2, 0) is 0 Å². The van der Waals surface area contributed by atoms with Gasteiger partial charge in [-0.3, -0.25) is 0 Å². The molecular formula is C9H16Cl2O. The number of hydrogen-bond donors (Lipinski definition) is 1. The lowest BCUT2D eigenvalue weighted by Crippen LogP contribution is -2.30. The van der Waals surface area contributed by atoms with E-state index < -0.39 is 10.4 Å². The monoisotopic (exact) mass is 210 g/mol. The van der Waals surface area contributed by atoms with Crippen molar-refractivity contribution < 1.29 is 5.11 Å². The van der Waals surface area contributed by atoms with Gasteiger partial charge < -0.3 is 5.11 Å². The predicted molar refractivity (Wildman–Crippen MR) is 52.6 cm³/mol. The molecule has 1 N–H and O–H groups in total. The molecule has 3 unspecified atom stereocenters. The molecule has 0 radical (unpaired) electrons. The summed E-state index contributed by atoms with van der Waals surface area (Å²) in [6.07, 6.45) is -0.414. The maximum Gasteiger partial charge on any atom is 0.126 e. The highest BCUT2D eigenvalue weighted by Crippen LogP contribution is 2.62. The summed E-state index contributed by atoms with van der Waals surface area (Å²) in [5, 5.41) is 9.86. The second-order valence-electron chi connectivity index (χ2n) is 4.80. The maximum absolute atomic E-state index is 9.86. The molecule has 1 aliphatic rings. The molecule has 1 saturated carbocycles. The molecule has 3 heteroatoms. The highest BCUT2D eigenvalue weighted by molar-refractivity contribution is 6.51. The van der Waals surface area contributed by atoms with Crippen LogP contribution in [0.2, 0.25) is 0 Å². The van der Waals surface area contributed by atoms with Gasteiger partial charge in [-0.1, -0.05) is 27.7 Å². The predicted octanol–water partition coefficient (Wildman–Crippen LogP) is 2.83. The van der Waals surface area contributed by atoms with E-state index in [1.807, 2.05) is 27.7 Å². The molecule has 0 saturated heterocycles. The quantitative estimate of drug-likeness (QED) is 0.661. The average molecular weight is 211 g/mol. The summed E-state index contributed by atoms with van der Waals surface area (Å²) in [6, 6.07) is 0. The highest BCUT2D eigenvalue weighted by Gasteiger charge is 2.64. The summed E-state index contributed by atoms with van der Waals surface area (Å²) in [6.45, 7) is 7.95. The Morgan fingerprint density at radius 2 is 1.67 bits per heavy atom. The van der Waals surface area contributed by atoms with E-state index in [0.717, 1.165) is 0 Å². The Morgan fingerprint density at radius 1 is 1.33 bits per heavy atom. The summed E-state index contributed by atoms with van der Waals surface area (Å²) < 4.78 is -0.702. The van der Waals surface area contributed by atoms with Gasteiger partial charge in [0.15, 0.2) is 0 Å². The van der Waals surface area contributed by atoms with E-state index >= 15 is 0 Å². The van der Waals surface area contributed by atoms with E-state index in [9.17, 15) is 5.11 Å². The normalized spacial score (nSPS) is 36.2. The van der Waals surface area contributed by atoms with Crippen LogP contribution in [0.3, 0.4) is 0 Å². The van der Waals surface area contributed by atoms with Crippen molar-refractivity contribution >= 4 is 23.2 Å². The van der Waals surface area contributed by atoms with Crippen LogP contribution in [0.1, 0.15) is 27.7 Å². The molecule has 12 heavy (non-hydrogen) atoms. The summed E-state index contributed by atoms with van der Waals surface area (Å²) in [7, 11) is 0. The topological polar surface area (TPSA) is 20.2 Å². The van der Waals surface area contributed by atoms with Crippen molar-refractivity contribution in [3.05, 3.63) is 0 Å². The SMILES string of the molecule is CC1C(C(O)C(C)(C)C)C1(Cl)Cl. The Balaban J connectivity index is 2.64. The molecule has 0 aromatic carbocycles. The van der Waals surface area contributed by atoms with Crippen LogP contribution in [0.4, 0.5) is 0 Å². The molecule has 0 aromatic rings. The smallest absolute Gasteiger partial charge is 0.126 e. The van der Waals surface area contributed by atoms with Crippen molar-refractivity contribution in [1.82, 2.24) is 0 Å². The lowest BCUT2D eigenvalue weighted by Gasteiger charge is -2.26. The van der Waals surface area contributed by atoms with Gasteiger partial charge in [0.1, 0.15) is 4.33 Å². The summed E-state index contributed by atoms with van der Waals surface area (Å²) in [4.78, 5) is 0. The van der Waals surface area contributed by atoms with E-state index in [0.29, 0.717) is 0 Å². The van der Waals surface area contributed by atoms with Crippen molar-refractivity contribution in [3.8, 4) is 0 Å². The Morgan fingerprint density at radius 3 is 1.75 bits per heavy atom. The van der Waals surface area contributed by atoms with Gasteiger partial charge in [0, 0.05) is 5.92 Å². The molecule has 0 aromatic heterocycles. The first-order valence-corrected chi connectivity index (χ1v) is 5.00. The Kier molecular flexibility index (Phi) is 2.45.